The van der Waals surface area contributed by atoms with E-state index in [1.54, 1.807) is 27.7 Å². The molecule has 0 aromatic carbocycles. The normalized spacial score (nSPS) is 13.2. The van der Waals surface area contributed by atoms with Gasteiger partial charge in [-0.1, -0.05) is 0 Å². The third kappa shape index (κ3) is 13.8. The maximum Gasteiger partial charge on any atom is 0.146 e. The van der Waals surface area contributed by atoms with Crippen molar-refractivity contribution in [3.63, 3.8) is 0 Å². The lowest BCUT2D eigenvalue weighted by atomic mass is 10.1. The van der Waals surface area contributed by atoms with Gasteiger partial charge in [0.15, 0.2) is 0 Å². The molecule has 0 aliphatic carbocycles. The van der Waals surface area contributed by atoms with E-state index >= 15 is 0 Å². The largest absolute Gasteiger partial charge is 0.390 e. The number of hydrogen-bond acceptors (Lipinski definition) is 4. The molecule has 0 heterocycles. The van der Waals surface area contributed by atoms with Crippen molar-refractivity contribution < 1.29 is 19.7 Å². The monoisotopic (exact) mass is 220 g/mol. The molecule has 0 spiro atoms. The first-order valence-corrected chi connectivity index (χ1v) is 5.31. The smallest absolute Gasteiger partial charge is 0.146 e. The lowest BCUT2D eigenvalue weighted by Gasteiger charge is -2.18. The molecule has 0 rings (SSSR count). The van der Waals surface area contributed by atoms with Gasteiger partial charge < -0.3 is 19.7 Å². The van der Waals surface area contributed by atoms with E-state index in [9.17, 15) is 10.2 Å². The molecule has 0 aliphatic rings. The quantitative estimate of drug-likeness (QED) is 0.478. The summed E-state index contributed by atoms with van der Waals surface area (Å²) in [4.78, 5) is 0. The zero-order valence-electron chi connectivity index (χ0n) is 10.2. The maximum absolute atomic E-state index is 9.37. The summed E-state index contributed by atoms with van der Waals surface area (Å²) in [6.07, 6.45) is 1.17. The highest BCUT2D eigenvalue weighted by Crippen LogP contribution is 2.08. The van der Waals surface area contributed by atoms with Crippen molar-refractivity contribution in [3.05, 3.63) is 0 Å². The minimum atomic E-state index is -0.687. The predicted octanol–water partition coefficient (Wildman–Crippen LogP) is 1.30. The number of ether oxygens (including phenoxy) is 2. The summed E-state index contributed by atoms with van der Waals surface area (Å²) in [6.45, 7) is 8.14. The van der Waals surface area contributed by atoms with Crippen molar-refractivity contribution in [2.75, 3.05) is 20.0 Å². The first kappa shape index (κ1) is 14.8. The minimum absolute atomic E-state index is 0.214. The molecule has 0 saturated carbocycles. The molecule has 0 saturated heterocycles. The third-order valence-electron chi connectivity index (χ3n) is 1.88. The Bertz CT molecular complexity index is 137. The molecule has 4 nitrogen and oxygen atoms in total. The van der Waals surface area contributed by atoms with Crippen molar-refractivity contribution in [3.8, 4) is 0 Å². The van der Waals surface area contributed by atoms with E-state index in [2.05, 4.69) is 0 Å². The average Bonchev–Trinajstić information content (AvgIpc) is 1.98. The molecule has 0 radical (unpaired) electrons. The van der Waals surface area contributed by atoms with E-state index in [1.165, 1.54) is 0 Å². The Morgan fingerprint density at radius 1 is 0.800 bits per heavy atom. The molecule has 0 unspecified atom stereocenters. The van der Waals surface area contributed by atoms with E-state index in [0.717, 1.165) is 0 Å². The summed E-state index contributed by atoms with van der Waals surface area (Å²) in [5.41, 5.74) is -1.37. The van der Waals surface area contributed by atoms with E-state index in [4.69, 9.17) is 9.47 Å². The van der Waals surface area contributed by atoms with Crippen LogP contribution in [0.15, 0.2) is 0 Å². The Balaban J connectivity index is 3.20. The summed E-state index contributed by atoms with van der Waals surface area (Å²) >= 11 is 0. The van der Waals surface area contributed by atoms with Crippen molar-refractivity contribution >= 4 is 0 Å². The first-order chi connectivity index (χ1) is 6.71. The van der Waals surface area contributed by atoms with Crippen molar-refractivity contribution in [2.24, 2.45) is 0 Å². The van der Waals surface area contributed by atoms with E-state index in [-0.39, 0.29) is 6.79 Å². The molecule has 0 bridgehead atoms. The second kappa shape index (κ2) is 6.43. The van der Waals surface area contributed by atoms with Gasteiger partial charge in [0.25, 0.3) is 0 Å². The summed E-state index contributed by atoms with van der Waals surface area (Å²) in [5.74, 6) is 0. The minimum Gasteiger partial charge on any atom is -0.390 e. The van der Waals surface area contributed by atoms with Crippen LogP contribution in [0.4, 0.5) is 0 Å². The number of rotatable bonds is 8. The topological polar surface area (TPSA) is 58.9 Å². The average molecular weight is 220 g/mol. The lowest BCUT2D eigenvalue weighted by Crippen LogP contribution is -2.22. The Morgan fingerprint density at radius 2 is 1.13 bits per heavy atom. The molecule has 2 N–H and O–H groups in total. The second-order valence-corrected chi connectivity index (χ2v) is 5.06. The van der Waals surface area contributed by atoms with E-state index < -0.39 is 11.2 Å². The Labute approximate surface area is 92.2 Å². The highest BCUT2D eigenvalue weighted by Gasteiger charge is 2.12. The molecule has 0 aliphatic heterocycles. The Hall–Kier alpha value is -0.160. The van der Waals surface area contributed by atoms with Gasteiger partial charge in [0, 0.05) is 0 Å². The van der Waals surface area contributed by atoms with Crippen LogP contribution in [0.2, 0.25) is 0 Å². The predicted molar refractivity (Wildman–Crippen MR) is 58.6 cm³/mol. The van der Waals surface area contributed by atoms with Crippen LogP contribution in [-0.2, 0) is 9.47 Å². The SMILES string of the molecule is CC(C)(O)CCOCOCCC(C)(C)O. The van der Waals surface area contributed by atoms with E-state index in [1.807, 2.05) is 0 Å². The van der Waals surface area contributed by atoms with Gasteiger partial charge >= 0.3 is 0 Å². The fourth-order valence-corrected chi connectivity index (χ4v) is 0.821. The maximum atomic E-state index is 9.37. The zero-order chi connectivity index (χ0) is 11.9. The van der Waals surface area contributed by atoms with Crippen LogP contribution < -0.4 is 0 Å². The second-order valence-electron chi connectivity index (χ2n) is 5.06. The molecule has 92 valence electrons. The molecule has 0 aromatic rings. The van der Waals surface area contributed by atoms with Gasteiger partial charge in [-0.25, -0.2) is 0 Å². The fourth-order valence-electron chi connectivity index (χ4n) is 0.821. The van der Waals surface area contributed by atoms with Gasteiger partial charge in [0.1, 0.15) is 6.79 Å². The molecule has 0 fully saturated rings. The summed E-state index contributed by atoms with van der Waals surface area (Å²) in [6, 6.07) is 0. The van der Waals surface area contributed by atoms with Gasteiger partial charge in [-0.2, -0.15) is 0 Å². The summed E-state index contributed by atoms with van der Waals surface area (Å²) in [7, 11) is 0. The molecular formula is C11H24O4. The van der Waals surface area contributed by atoms with Crippen molar-refractivity contribution in [1.29, 1.82) is 0 Å². The molecule has 15 heavy (non-hydrogen) atoms. The van der Waals surface area contributed by atoms with Crippen LogP contribution in [0.3, 0.4) is 0 Å². The Morgan fingerprint density at radius 3 is 1.40 bits per heavy atom. The molecule has 0 amide bonds. The van der Waals surface area contributed by atoms with Gasteiger partial charge in [-0.05, 0) is 40.5 Å². The first-order valence-electron chi connectivity index (χ1n) is 5.31. The van der Waals surface area contributed by atoms with Crippen molar-refractivity contribution in [1.82, 2.24) is 0 Å². The lowest BCUT2D eigenvalue weighted by molar-refractivity contribution is -0.0796. The van der Waals surface area contributed by atoms with Gasteiger partial charge in [-0.15, -0.1) is 0 Å². The molecule has 4 heteroatoms. The van der Waals surface area contributed by atoms with Crippen molar-refractivity contribution in [2.45, 2.75) is 51.7 Å². The standard InChI is InChI=1S/C11H24O4/c1-10(2,12)5-7-14-9-15-8-6-11(3,4)13/h12-13H,5-9H2,1-4H3. The fraction of sp³-hybridized carbons (Fsp3) is 1.00. The van der Waals surface area contributed by atoms with Crippen LogP contribution in [0, 0.1) is 0 Å². The highest BCUT2D eigenvalue weighted by molar-refractivity contribution is 4.64. The number of hydrogen-bond donors (Lipinski definition) is 2. The molecular weight excluding hydrogens is 196 g/mol. The van der Waals surface area contributed by atoms with Crippen LogP contribution >= 0.6 is 0 Å². The van der Waals surface area contributed by atoms with Gasteiger partial charge in [0.2, 0.25) is 0 Å². The van der Waals surface area contributed by atoms with Gasteiger partial charge in [-0.3, -0.25) is 0 Å². The number of aliphatic hydroxyl groups is 2. The Kier molecular flexibility index (Phi) is 6.36. The van der Waals surface area contributed by atoms with E-state index in [0.29, 0.717) is 26.1 Å². The molecule has 0 atom stereocenters. The van der Waals surface area contributed by atoms with Gasteiger partial charge in [0.05, 0.1) is 24.4 Å². The zero-order valence-corrected chi connectivity index (χ0v) is 10.2. The molecule has 0 aromatic heterocycles. The van der Waals surface area contributed by atoms with Crippen LogP contribution in [-0.4, -0.2) is 41.4 Å². The van der Waals surface area contributed by atoms with Crippen LogP contribution in [0.1, 0.15) is 40.5 Å². The van der Waals surface area contributed by atoms with Crippen LogP contribution in [0.25, 0.3) is 0 Å². The van der Waals surface area contributed by atoms with Crippen LogP contribution in [0.5, 0.6) is 0 Å². The summed E-state index contributed by atoms with van der Waals surface area (Å²) in [5, 5.41) is 18.7. The third-order valence-corrected chi connectivity index (χ3v) is 1.88. The highest BCUT2D eigenvalue weighted by atomic mass is 16.7. The summed E-state index contributed by atoms with van der Waals surface area (Å²) < 4.78 is 10.3.